The second-order valence-corrected chi connectivity index (χ2v) is 4.45. The molecule has 0 unspecified atom stereocenters. The molecular formula is C10H19NO2. The SMILES string of the molecule is CC1(C)OC[C@H](C2CCNCC2)O1. The lowest BCUT2D eigenvalue weighted by Crippen LogP contribution is -2.35. The number of piperidine rings is 1. The number of ether oxygens (including phenoxy) is 2. The van der Waals surface area contributed by atoms with Gasteiger partial charge in [-0.2, -0.15) is 0 Å². The molecule has 1 atom stereocenters. The maximum Gasteiger partial charge on any atom is 0.163 e. The van der Waals surface area contributed by atoms with Crippen LogP contribution in [-0.2, 0) is 9.47 Å². The van der Waals surface area contributed by atoms with Gasteiger partial charge in [0.2, 0.25) is 0 Å². The van der Waals surface area contributed by atoms with Gasteiger partial charge in [-0.3, -0.25) is 0 Å². The molecule has 0 radical (unpaired) electrons. The van der Waals surface area contributed by atoms with Crippen LogP contribution in [0.1, 0.15) is 26.7 Å². The molecule has 0 aromatic heterocycles. The van der Waals surface area contributed by atoms with Gasteiger partial charge < -0.3 is 14.8 Å². The first kappa shape index (κ1) is 9.44. The second kappa shape index (κ2) is 3.56. The molecule has 0 aliphatic carbocycles. The minimum absolute atomic E-state index is 0.331. The summed E-state index contributed by atoms with van der Waals surface area (Å²) in [7, 11) is 0. The van der Waals surface area contributed by atoms with E-state index in [9.17, 15) is 0 Å². The number of hydrogen-bond acceptors (Lipinski definition) is 3. The Labute approximate surface area is 79.8 Å². The second-order valence-electron chi connectivity index (χ2n) is 4.45. The summed E-state index contributed by atoms with van der Waals surface area (Å²) in [6.07, 6.45) is 2.78. The summed E-state index contributed by atoms with van der Waals surface area (Å²) in [5.41, 5.74) is 0. The molecule has 0 aromatic rings. The predicted molar refractivity (Wildman–Crippen MR) is 50.5 cm³/mol. The van der Waals surface area contributed by atoms with Gasteiger partial charge in [-0.15, -0.1) is 0 Å². The molecule has 0 spiro atoms. The number of nitrogens with one attached hydrogen (secondary N) is 1. The number of hydrogen-bond donors (Lipinski definition) is 1. The van der Waals surface area contributed by atoms with Crippen molar-refractivity contribution in [1.29, 1.82) is 0 Å². The van der Waals surface area contributed by atoms with Gasteiger partial charge in [0, 0.05) is 0 Å². The van der Waals surface area contributed by atoms with Crippen LogP contribution in [0.3, 0.4) is 0 Å². The fourth-order valence-corrected chi connectivity index (χ4v) is 2.16. The zero-order valence-corrected chi connectivity index (χ0v) is 8.51. The molecule has 2 fully saturated rings. The predicted octanol–water partition coefficient (Wildman–Crippen LogP) is 1.14. The highest BCUT2D eigenvalue weighted by molar-refractivity contribution is 4.81. The van der Waals surface area contributed by atoms with E-state index in [2.05, 4.69) is 5.32 Å². The normalized spacial score (nSPS) is 35.1. The van der Waals surface area contributed by atoms with E-state index in [1.165, 1.54) is 12.8 Å². The van der Waals surface area contributed by atoms with Gasteiger partial charge >= 0.3 is 0 Å². The van der Waals surface area contributed by atoms with Gasteiger partial charge in [0.1, 0.15) is 0 Å². The van der Waals surface area contributed by atoms with Crippen molar-refractivity contribution < 1.29 is 9.47 Å². The topological polar surface area (TPSA) is 30.5 Å². The summed E-state index contributed by atoms with van der Waals surface area (Å²) in [5.74, 6) is 0.346. The summed E-state index contributed by atoms with van der Waals surface area (Å²) in [4.78, 5) is 0. The Morgan fingerprint density at radius 3 is 2.46 bits per heavy atom. The Balaban J connectivity index is 1.87. The molecule has 0 saturated carbocycles. The van der Waals surface area contributed by atoms with Crippen LogP contribution in [0.5, 0.6) is 0 Å². The molecule has 1 N–H and O–H groups in total. The van der Waals surface area contributed by atoms with Crippen molar-refractivity contribution in [3.05, 3.63) is 0 Å². The van der Waals surface area contributed by atoms with Crippen LogP contribution in [0.25, 0.3) is 0 Å². The van der Waals surface area contributed by atoms with Crippen molar-refractivity contribution in [2.45, 2.75) is 38.6 Å². The van der Waals surface area contributed by atoms with Crippen LogP contribution in [0.4, 0.5) is 0 Å². The van der Waals surface area contributed by atoms with Gasteiger partial charge in [0.05, 0.1) is 12.7 Å². The average molecular weight is 185 g/mol. The van der Waals surface area contributed by atoms with Gasteiger partial charge in [0.15, 0.2) is 5.79 Å². The first-order valence-electron chi connectivity index (χ1n) is 5.20. The molecule has 3 heteroatoms. The largest absolute Gasteiger partial charge is 0.348 e. The first-order valence-corrected chi connectivity index (χ1v) is 5.20. The van der Waals surface area contributed by atoms with Gasteiger partial charge in [-0.05, 0) is 45.7 Å². The molecule has 2 saturated heterocycles. The van der Waals surface area contributed by atoms with E-state index in [0.29, 0.717) is 12.0 Å². The zero-order valence-electron chi connectivity index (χ0n) is 8.51. The Kier molecular flexibility index (Phi) is 2.58. The Bertz CT molecular complexity index is 176. The third kappa shape index (κ3) is 2.22. The molecule has 3 nitrogen and oxygen atoms in total. The molecule has 0 amide bonds. The summed E-state index contributed by atoms with van der Waals surface area (Å²) < 4.78 is 11.4. The highest BCUT2D eigenvalue weighted by atomic mass is 16.7. The molecule has 0 bridgehead atoms. The van der Waals surface area contributed by atoms with E-state index in [4.69, 9.17) is 9.47 Å². The van der Waals surface area contributed by atoms with E-state index in [-0.39, 0.29) is 5.79 Å². The monoisotopic (exact) mass is 185 g/mol. The molecule has 76 valence electrons. The van der Waals surface area contributed by atoms with Crippen LogP contribution in [0.2, 0.25) is 0 Å². The van der Waals surface area contributed by atoms with Crippen molar-refractivity contribution in [3.8, 4) is 0 Å². The van der Waals surface area contributed by atoms with E-state index < -0.39 is 0 Å². The van der Waals surface area contributed by atoms with Crippen LogP contribution in [0, 0.1) is 5.92 Å². The third-order valence-corrected chi connectivity index (χ3v) is 2.94. The van der Waals surface area contributed by atoms with E-state index in [1.807, 2.05) is 13.8 Å². The molecular weight excluding hydrogens is 166 g/mol. The fraction of sp³-hybridized carbons (Fsp3) is 1.00. The van der Waals surface area contributed by atoms with Crippen molar-refractivity contribution in [3.63, 3.8) is 0 Å². The lowest BCUT2D eigenvalue weighted by molar-refractivity contribution is -0.145. The minimum atomic E-state index is -0.352. The van der Waals surface area contributed by atoms with Gasteiger partial charge in [-0.1, -0.05) is 0 Å². The van der Waals surface area contributed by atoms with E-state index >= 15 is 0 Å². The standard InChI is InChI=1S/C10H19NO2/c1-10(2)12-7-9(13-10)8-3-5-11-6-4-8/h8-9,11H,3-7H2,1-2H3/t9-/m1/s1. The van der Waals surface area contributed by atoms with Crippen molar-refractivity contribution in [1.82, 2.24) is 5.32 Å². The van der Waals surface area contributed by atoms with Crippen molar-refractivity contribution >= 4 is 0 Å². The molecule has 2 aliphatic heterocycles. The highest BCUT2D eigenvalue weighted by Gasteiger charge is 2.37. The van der Waals surface area contributed by atoms with Crippen LogP contribution < -0.4 is 5.32 Å². The van der Waals surface area contributed by atoms with Crippen molar-refractivity contribution in [2.75, 3.05) is 19.7 Å². The summed E-state index contributed by atoms with van der Waals surface area (Å²) >= 11 is 0. The summed E-state index contributed by atoms with van der Waals surface area (Å²) in [6, 6.07) is 0. The molecule has 2 rings (SSSR count). The van der Waals surface area contributed by atoms with Crippen LogP contribution >= 0.6 is 0 Å². The molecule has 13 heavy (non-hydrogen) atoms. The molecule has 2 aliphatic rings. The number of rotatable bonds is 1. The smallest absolute Gasteiger partial charge is 0.163 e. The van der Waals surface area contributed by atoms with Crippen LogP contribution in [0.15, 0.2) is 0 Å². The Morgan fingerprint density at radius 1 is 1.23 bits per heavy atom. The Hall–Kier alpha value is -0.120. The molecule has 2 heterocycles. The first-order chi connectivity index (χ1) is 6.17. The van der Waals surface area contributed by atoms with Gasteiger partial charge in [0.25, 0.3) is 0 Å². The quantitative estimate of drug-likeness (QED) is 0.664. The Morgan fingerprint density at radius 2 is 1.92 bits per heavy atom. The molecule has 0 aromatic carbocycles. The minimum Gasteiger partial charge on any atom is -0.348 e. The maximum atomic E-state index is 5.84. The third-order valence-electron chi connectivity index (χ3n) is 2.94. The highest BCUT2D eigenvalue weighted by Crippen LogP contribution is 2.30. The van der Waals surface area contributed by atoms with E-state index in [1.54, 1.807) is 0 Å². The lowest BCUT2D eigenvalue weighted by atomic mass is 9.93. The summed E-state index contributed by atoms with van der Waals surface area (Å²) in [5, 5.41) is 3.36. The summed E-state index contributed by atoms with van der Waals surface area (Å²) in [6.45, 7) is 7.02. The lowest BCUT2D eigenvalue weighted by Gasteiger charge is -2.27. The van der Waals surface area contributed by atoms with Crippen LogP contribution in [-0.4, -0.2) is 31.6 Å². The fourth-order valence-electron chi connectivity index (χ4n) is 2.16. The van der Waals surface area contributed by atoms with Crippen molar-refractivity contribution in [2.24, 2.45) is 5.92 Å². The van der Waals surface area contributed by atoms with E-state index in [0.717, 1.165) is 19.7 Å². The maximum absolute atomic E-state index is 5.84. The van der Waals surface area contributed by atoms with Gasteiger partial charge in [-0.25, -0.2) is 0 Å². The zero-order chi connectivity index (χ0) is 9.31. The average Bonchev–Trinajstić information content (AvgIpc) is 2.48.